The van der Waals surface area contributed by atoms with Crippen LogP contribution in [-0.2, 0) is 14.3 Å². The average molecular weight is 255 g/mol. The number of ether oxygens (including phenoxy) is 2. The van der Waals surface area contributed by atoms with Crippen molar-refractivity contribution in [3.05, 3.63) is 12.7 Å². The molecule has 1 aliphatic heterocycles. The lowest BCUT2D eigenvalue weighted by Gasteiger charge is -2.31. The van der Waals surface area contributed by atoms with Crippen molar-refractivity contribution in [2.24, 2.45) is 5.92 Å². The number of amides is 1. The van der Waals surface area contributed by atoms with Crippen molar-refractivity contribution < 1.29 is 19.1 Å². The molecule has 18 heavy (non-hydrogen) atoms. The Morgan fingerprint density at radius 3 is 2.83 bits per heavy atom. The van der Waals surface area contributed by atoms with Crippen LogP contribution in [0.4, 0.5) is 4.79 Å². The fourth-order valence-corrected chi connectivity index (χ4v) is 1.89. The first-order chi connectivity index (χ1) is 8.54. The summed E-state index contributed by atoms with van der Waals surface area (Å²) in [7, 11) is 0. The topological polar surface area (TPSA) is 55.8 Å². The van der Waals surface area contributed by atoms with Crippen LogP contribution in [0.3, 0.4) is 0 Å². The molecule has 0 saturated carbocycles. The van der Waals surface area contributed by atoms with Gasteiger partial charge in [-0.2, -0.15) is 0 Å². The van der Waals surface area contributed by atoms with Crippen molar-refractivity contribution in [2.45, 2.75) is 32.8 Å². The Morgan fingerprint density at radius 2 is 2.22 bits per heavy atom. The third kappa shape index (κ3) is 4.39. The third-order valence-corrected chi connectivity index (χ3v) is 2.69. The zero-order valence-corrected chi connectivity index (χ0v) is 11.1. The highest BCUT2D eigenvalue weighted by Crippen LogP contribution is 2.19. The van der Waals surface area contributed by atoms with E-state index in [0.29, 0.717) is 13.1 Å². The van der Waals surface area contributed by atoms with Gasteiger partial charge in [-0.15, -0.1) is 0 Å². The molecule has 1 amide bonds. The molecule has 1 rings (SSSR count). The molecule has 0 aliphatic carbocycles. The third-order valence-electron chi connectivity index (χ3n) is 2.69. The number of rotatable bonds is 4. The van der Waals surface area contributed by atoms with Gasteiger partial charge < -0.3 is 14.4 Å². The molecule has 102 valence electrons. The maximum absolute atomic E-state index is 11.8. The lowest BCUT2D eigenvalue weighted by atomic mass is 9.98. The number of hydrogen-bond acceptors (Lipinski definition) is 4. The van der Waals surface area contributed by atoms with Gasteiger partial charge in [0.1, 0.15) is 6.61 Å². The van der Waals surface area contributed by atoms with Gasteiger partial charge in [-0.3, -0.25) is 4.79 Å². The predicted octanol–water partition coefficient (Wildman–Crippen LogP) is 1.97. The Hall–Kier alpha value is -1.52. The number of esters is 1. The number of piperidine rings is 1. The molecule has 1 heterocycles. The molecule has 1 unspecified atom stereocenters. The quantitative estimate of drug-likeness (QED) is 0.569. The molecule has 1 atom stereocenters. The minimum Gasteiger partial charge on any atom is -0.463 e. The first kappa shape index (κ1) is 14.5. The van der Waals surface area contributed by atoms with E-state index in [9.17, 15) is 9.59 Å². The number of likely N-dealkylation sites (tertiary alicyclic amines) is 1. The fourth-order valence-electron chi connectivity index (χ4n) is 1.89. The molecule has 0 radical (unpaired) electrons. The molecule has 0 aromatic rings. The molecule has 1 aliphatic rings. The fraction of sp³-hybridized carbons (Fsp3) is 0.692. The molecule has 0 N–H and O–H groups in total. The summed E-state index contributed by atoms with van der Waals surface area (Å²) < 4.78 is 10.1. The van der Waals surface area contributed by atoms with Crippen LogP contribution in [0.2, 0.25) is 0 Å². The first-order valence-electron chi connectivity index (χ1n) is 6.27. The second-order valence-corrected chi connectivity index (χ2v) is 4.64. The molecule has 1 saturated heterocycles. The Bertz CT molecular complexity index is 314. The lowest BCUT2D eigenvalue weighted by Crippen LogP contribution is -2.43. The van der Waals surface area contributed by atoms with Crippen molar-refractivity contribution >= 4 is 12.1 Å². The van der Waals surface area contributed by atoms with E-state index < -0.39 is 6.09 Å². The highest BCUT2D eigenvalue weighted by Gasteiger charge is 2.30. The van der Waals surface area contributed by atoms with Gasteiger partial charge in [0.2, 0.25) is 0 Å². The largest absolute Gasteiger partial charge is 0.463 e. The molecule has 0 aromatic heterocycles. The van der Waals surface area contributed by atoms with Crippen LogP contribution in [0, 0.1) is 5.92 Å². The minimum atomic E-state index is -0.392. The Kier molecular flexibility index (Phi) is 5.68. The number of nitrogens with zero attached hydrogens (tertiary/aromatic N) is 1. The monoisotopic (exact) mass is 255 g/mol. The number of carbonyl (C=O) groups is 2. The second-order valence-electron chi connectivity index (χ2n) is 4.64. The van der Waals surface area contributed by atoms with Crippen LogP contribution in [-0.4, -0.2) is 42.8 Å². The Morgan fingerprint density at radius 1 is 1.50 bits per heavy atom. The van der Waals surface area contributed by atoms with E-state index in [1.165, 1.54) is 6.08 Å². The van der Waals surface area contributed by atoms with E-state index in [1.54, 1.807) is 4.90 Å². The van der Waals surface area contributed by atoms with Crippen LogP contribution < -0.4 is 0 Å². The number of hydrogen-bond donors (Lipinski definition) is 0. The van der Waals surface area contributed by atoms with Crippen LogP contribution >= 0.6 is 0 Å². The van der Waals surface area contributed by atoms with E-state index in [1.807, 2.05) is 13.8 Å². The summed E-state index contributed by atoms with van der Waals surface area (Å²) in [5.74, 6) is -0.469. The summed E-state index contributed by atoms with van der Waals surface area (Å²) in [6, 6.07) is 0. The minimum absolute atomic E-state index is 0.124. The SMILES string of the molecule is C=CCOC(=O)N1CCCC(C(=O)OC(C)C)C1. The summed E-state index contributed by atoms with van der Waals surface area (Å²) in [6.45, 7) is 8.31. The van der Waals surface area contributed by atoms with E-state index in [-0.39, 0.29) is 24.6 Å². The molecular weight excluding hydrogens is 234 g/mol. The molecule has 0 spiro atoms. The number of carbonyl (C=O) groups excluding carboxylic acids is 2. The van der Waals surface area contributed by atoms with Gasteiger partial charge in [-0.1, -0.05) is 12.7 Å². The van der Waals surface area contributed by atoms with Gasteiger partial charge >= 0.3 is 12.1 Å². The normalized spacial score (nSPS) is 19.5. The van der Waals surface area contributed by atoms with Crippen LogP contribution in [0.5, 0.6) is 0 Å². The van der Waals surface area contributed by atoms with Gasteiger partial charge in [-0.05, 0) is 26.7 Å². The zero-order chi connectivity index (χ0) is 13.5. The maximum atomic E-state index is 11.8. The van der Waals surface area contributed by atoms with Crippen LogP contribution in [0.1, 0.15) is 26.7 Å². The highest BCUT2D eigenvalue weighted by atomic mass is 16.6. The van der Waals surface area contributed by atoms with Gasteiger partial charge in [0, 0.05) is 13.1 Å². The highest BCUT2D eigenvalue weighted by molar-refractivity contribution is 5.75. The Balaban J connectivity index is 2.47. The average Bonchev–Trinajstić information content (AvgIpc) is 2.35. The van der Waals surface area contributed by atoms with Crippen molar-refractivity contribution in [1.82, 2.24) is 4.90 Å². The van der Waals surface area contributed by atoms with E-state index in [0.717, 1.165) is 12.8 Å². The first-order valence-corrected chi connectivity index (χ1v) is 6.27. The standard InChI is InChI=1S/C13H21NO4/c1-4-8-17-13(16)14-7-5-6-11(9-14)12(15)18-10(2)3/h4,10-11H,1,5-9H2,2-3H3. The van der Waals surface area contributed by atoms with Crippen molar-refractivity contribution in [2.75, 3.05) is 19.7 Å². The van der Waals surface area contributed by atoms with Gasteiger partial charge in [0.25, 0.3) is 0 Å². The summed E-state index contributed by atoms with van der Waals surface area (Å²) in [6.07, 6.45) is 2.56. The van der Waals surface area contributed by atoms with Gasteiger partial charge in [-0.25, -0.2) is 4.79 Å². The van der Waals surface area contributed by atoms with Crippen molar-refractivity contribution in [1.29, 1.82) is 0 Å². The summed E-state index contributed by atoms with van der Waals surface area (Å²) in [5.41, 5.74) is 0. The maximum Gasteiger partial charge on any atom is 0.410 e. The van der Waals surface area contributed by atoms with E-state index in [4.69, 9.17) is 9.47 Å². The van der Waals surface area contributed by atoms with E-state index >= 15 is 0 Å². The molecule has 5 heteroatoms. The predicted molar refractivity (Wildman–Crippen MR) is 67.1 cm³/mol. The van der Waals surface area contributed by atoms with Crippen molar-refractivity contribution in [3.8, 4) is 0 Å². The van der Waals surface area contributed by atoms with Crippen LogP contribution in [0.15, 0.2) is 12.7 Å². The molecule has 0 bridgehead atoms. The van der Waals surface area contributed by atoms with Gasteiger partial charge in [0.15, 0.2) is 0 Å². The summed E-state index contributed by atoms with van der Waals surface area (Å²) in [5, 5.41) is 0. The molecular formula is C13H21NO4. The summed E-state index contributed by atoms with van der Waals surface area (Å²) in [4.78, 5) is 25.0. The molecule has 5 nitrogen and oxygen atoms in total. The summed E-state index contributed by atoms with van der Waals surface area (Å²) >= 11 is 0. The zero-order valence-electron chi connectivity index (χ0n) is 11.1. The van der Waals surface area contributed by atoms with Gasteiger partial charge in [0.05, 0.1) is 12.0 Å². The molecule has 0 aromatic carbocycles. The van der Waals surface area contributed by atoms with E-state index in [2.05, 4.69) is 6.58 Å². The Labute approximate surface area is 108 Å². The molecule has 1 fully saturated rings. The van der Waals surface area contributed by atoms with Crippen LogP contribution in [0.25, 0.3) is 0 Å². The second kappa shape index (κ2) is 7.03. The lowest BCUT2D eigenvalue weighted by molar-refractivity contribution is -0.154. The van der Waals surface area contributed by atoms with Crippen molar-refractivity contribution in [3.63, 3.8) is 0 Å². The smallest absolute Gasteiger partial charge is 0.410 e.